The topological polar surface area (TPSA) is 92.8 Å². The Morgan fingerprint density at radius 3 is 2.67 bits per heavy atom. The van der Waals surface area contributed by atoms with Crippen molar-refractivity contribution in [1.29, 1.82) is 0 Å². The number of rotatable bonds is 6. The van der Waals surface area contributed by atoms with Crippen LogP contribution in [0.1, 0.15) is 13.3 Å². The van der Waals surface area contributed by atoms with Gasteiger partial charge < -0.3 is 20.7 Å². The number of hydrogen-bond donors (Lipinski definition) is 3. The Kier molecular flexibility index (Phi) is 5.61. The lowest BCUT2D eigenvalue weighted by Crippen LogP contribution is -2.35. The summed E-state index contributed by atoms with van der Waals surface area (Å²) in [6.07, 6.45) is 0.0674. The molecule has 0 spiro atoms. The van der Waals surface area contributed by atoms with E-state index in [1.165, 1.54) is 0 Å². The highest BCUT2D eigenvalue weighted by molar-refractivity contribution is 5.73. The maximum absolute atomic E-state index is 10.2. The second-order valence-corrected chi connectivity index (χ2v) is 2.66. The van der Waals surface area contributed by atoms with Crippen LogP contribution in [0.15, 0.2) is 0 Å². The van der Waals surface area contributed by atoms with Crippen LogP contribution in [-0.4, -0.2) is 41.5 Å². The van der Waals surface area contributed by atoms with Crippen LogP contribution in [0.3, 0.4) is 0 Å². The number of ether oxygens (including phenoxy) is 1. The molecule has 0 aliphatic rings. The Morgan fingerprint density at radius 2 is 2.25 bits per heavy atom. The van der Waals surface area contributed by atoms with E-state index in [0.29, 0.717) is 13.0 Å². The molecular formula is C7H15NO4. The number of aliphatic hydroxyl groups excluding tert-OH is 1. The number of aliphatic carboxylic acids is 1. The SMILES string of the molecule is C[C@@H](O)CCOC[C@H](N)C(=O)O. The van der Waals surface area contributed by atoms with E-state index in [4.69, 9.17) is 20.7 Å². The Balaban J connectivity index is 3.25. The fourth-order valence-electron chi connectivity index (χ4n) is 0.535. The van der Waals surface area contributed by atoms with E-state index in [9.17, 15) is 4.79 Å². The zero-order valence-electron chi connectivity index (χ0n) is 7.06. The van der Waals surface area contributed by atoms with Crippen LogP contribution in [0.2, 0.25) is 0 Å². The zero-order chi connectivity index (χ0) is 9.56. The lowest BCUT2D eigenvalue weighted by atomic mass is 10.3. The molecule has 0 radical (unpaired) electrons. The van der Waals surface area contributed by atoms with Crippen molar-refractivity contribution < 1.29 is 19.7 Å². The van der Waals surface area contributed by atoms with Gasteiger partial charge in [0, 0.05) is 6.61 Å². The third-order valence-corrected chi connectivity index (χ3v) is 1.29. The standard InChI is InChI=1S/C7H15NO4/c1-5(9)2-3-12-4-6(8)7(10)11/h5-6,9H,2-4,8H2,1H3,(H,10,11)/t5-,6+/m1/s1. The minimum atomic E-state index is -1.08. The molecule has 5 nitrogen and oxygen atoms in total. The van der Waals surface area contributed by atoms with Crippen molar-refractivity contribution in [3.8, 4) is 0 Å². The van der Waals surface area contributed by atoms with Gasteiger partial charge in [-0.3, -0.25) is 4.79 Å². The average molecular weight is 177 g/mol. The number of carbonyl (C=O) groups is 1. The van der Waals surface area contributed by atoms with Gasteiger partial charge in [0.15, 0.2) is 0 Å². The summed E-state index contributed by atoms with van der Waals surface area (Å²) in [6, 6.07) is -0.973. The molecule has 4 N–H and O–H groups in total. The third kappa shape index (κ3) is 6.09. The van der Waals surface area contributed by atoms with E-state index in [1.807, 2.05) is 0 Å². The normalized spacial score (nSPS) is 15.6. The first-order valence-electron chi connectivity index (χ1n) is 3.78. The number of nitrogens with two attached hydrogens (primary N) is 1. The van der Waals surface area contributed by atoms with Gasteiger partial charge in [-0.05, 0) is 13.3 Å². The average Bonchev–Trinajstić information content (AvgIpc) is 1.97. The summed E-state index contributed by atoms with van der Waals surface area (Å²) in [5.41, 5.74) is 5.15. The number of aliphatic hydroxyl groups is 1. The molecule has 0 aliphatic carbocycles. The van der Waals surface area contributed by atoms with Crippen LogP contribution >= 0.6 is 0 Å². The summed E-state index contributed by atoms with van der Waals surface area (Å²) in [6.45, 7) is 1.96. The van der Waals surface area contributed by atoms with Crippen molar-refractivity contribution >= 4 is 5.97 Å². The first kappa shape index (κ1) is 11.4. The molecule has 5 heteroatoms. The van der Waals surface area contributed by atoms with E-state index in [0.717, 1.165) is 0 Å². The number of carboxylic acids is 1. The third-order valence-electron chi connectivity index (χ3n) is 1.29. The predicted molar refractivity (Wildman–Crippen MR) is 42.7 cm³/mol. The molecule has 2 atom stereocenters. The van der Waals surface area contributed by atoms with Gasteiger partial charge in [0.25, 0.3) is 0 Å². The molecule has 0 heterocycles. The van der Waals surface area contributed by atoms with Gasteiger partial charge in [0.1, 0.15) is 6.04 Å². The van der Waals surface area contributed by atoms with E-state index in [1.54, 1.807) is 6.92 Å². The Bertz CT molecular complexity index is 137. The molecule has 0 aromatic carbocycles. The van der Waals surface area contributed by atoms with Crippen molar-refractivity contribution in [1.82, 2.24) is 0 Å². The molecular weight excluding hydrogens is 162 g/mol. The van der Waals surface area contributed by atoms with Gasteiger partial charge in [-0.15, -0.1) is 0 Å². The van der Waals surface area contributed by atoms with Crippen LogP contribution in [0.4, 0.5) is 0 Å². The molecule has 0 saturated carbocycles. The maximum atomic E-state index is 10.2. The molecule has 0 rings (SSSR count). The van der Waals surface area contributed by atoms with Crippen LogP contribution in [0.25, 0.3) is 0 Å². The summed E-state index contributed by atoms with van der Waals surface area (Å²) < 4.78 is 4.90. The van der Waals surface area contributed by atoms with Crippen LogP contribution < -0.4 is 5.73 Å². The van der Waals surface area contributed by atoms with Gasteiger partial charge in [0.05, 0.1) is 12.7 Å². The molecule has 0 unspecified atom stereocenters. The monoisotopic (exact) mass is 177 g/mol. The van der Waals surface area contributed by atoms with Crippen molar-refractivity contribution in [2.75, 3.05) is 13.2 Å². The van der Waals surface area contributed by atoms with Crippen molar-refractivity contribution in [2.45, 2.75) is 25.5 Å². The maximum Gasteiger partial charge on any atom is 0.322 e. The van der Waals surface area contributed by atoms with Gasteiger partial charge in [-0.25, -0.2) is 0 Å². The molecule has 0 fully saturated rings. The van der Waals surface area contributed by atoms with Crippen LogP contribution in [0.5, 0.6) is 0 Å². The second-order valence-electron chi connectivity index (χ2n) is 2.66. The zero-order valence-corrected chi connectivity index (χ0v) is 7.06. The van der Waals surface area contributed by atoms with Crippen LogP contribution in [0, 0.1) is 0 Å². The first-order valence-corrected chi connectivity index (χ1v) is 3.78. The molecule has 12 heavy (non-hydrogen) atoms. The second kappa shape index (κ2) is 5.93. The molecule has 0 aromatic rings. The summed E-state index contributed by atoms with van der Waals surface area (Å²) in [5.74, 6) is -1.08. The van der Waals surface area contributed by atoms with Crippen molar-refractivity contribution in [2.24, 2.45) is 5.73 Å². The number of carboxylic acid groups (broad SMARTS) is 1. The van der Waals surface area contributed by atoms with Crippen LogP contribution in [-0.2, 0) is 9.53 Å². The van der Waals surface area contributed by atoms with E-state index in [-0.39, 0.29) is 6.61 Å². The molecule has 0 aliphatic heterocycles. The predicted octanol–water partition coefficient (Wildman–Crippen LogP) is -0.814. The quantitative estimate of drug-likeness (QED) is 0.461. The highest BCUT2D eigenvalue weighted by Crippen LogP contribution is 1.91. The highest BCUT2D eigenvalue weighted by atomic mass is 16.5. The summed E-state index contributed by atoms with van der Waals surface area (Å²) in [5, 5.41) is 17.1. The van der Waals surface area contributed by atoms with E-state index >= 15 is 0 Å². The van der Waals surface area contributed by atoms with Gasteiger partial charge >= 0.3 is 5.97 Å². The lowest BCUT2D eigenvalue weighted by molar-refractivity contribution is -0.140. The Morgan fingerprint density at radius 1 is 1.67 bits per heavy atom. The number of hydrogen-bond acceptors (Lipinski definition) is 4. The summed E-state index contributed by atoms with van der Waals surface area (Å²) in [4.78, 5) is 10.2. The molecule has 0 amide bonds. The van der Waals surface area contributed by atoms with Gasteiger partial charge in [-0.2, -0.15) is 0 Å². The van der Waals surface area contributed by atoms with E-state index < -0.39 is 18.1 Å². The van der Waals surface area contributed by atoms with Crippen molar-refractivity contribution in [3.05, 3.63) is 0 Å². The minimum Gasteiger partial charge on any atom is -0.480 e. The summed E-state index contributed by atoms with van der Waals surface area (Å²) >= 11 is 0. The fraction of sp³-hybridized carbons (Fsp3) is 0.857. The molecule has 0 bridgehead atoms. The smallest absolute Gasteiger partial charge is 0.322 e. The molecule has 72 valence electrons. The molecule has 0 saturated heterocycles. The lowest BCUT2D eigenvalue weighted by Gasteiger charge is -2.08. The Hall–Kier alpha value is -0.650. The molecule has 0 aromatic heterocycles. The van der Waals surface area contributed by atoms with Gasteiger partial charge in [0.2, 0.25) is 0 Å². The highest BCUT2D eigenvalue weighted by Gasteiger charge is 2.10. The van der Waals surface area contributed by atoms with E-state index in [2.05, 4.69) is 0 Å². The van der Waals surface area contributed by atoms with Crippen molar-refractivity contribution in [3.63, 3.8) is 0 Å². The first-order chi connectivity index (χ1) is 5.54. The minimum absolute atomic E-state index is 0.0119. The fourth-order valence-corrected chi connectivity index (χ4v) is 0.535. The summed E-state index contributed by atoms with van der Waals surface area (Å²) in [7, 11) is 0. The largest absolute Gasteiger partial charge is 0.480 e. The van der Waals surface area contributed by atoms with Gasteiger partial charge in [-0.1, -0.05) is 0 Å². The Labute approximate surface area is 71.1 Å².